The summed E-state index contributed by atoms with van der Waals surface area (Å²) < 4.78 is 1.13. The van der Waals surface area contributed by atoms with Gasteiger partial charge in [0.2, 0.25) is 5.28 Å². The van der Waals surface area contributed by atoms with E-state index in [0.717, 1.165) is 4.68 Å². The smallest absolute Gasteiger partial charge is 0.375 e. The summed E-state index contributed by atoms with van der Waals surface area (Å²) in [6.45, 7) is 0. The normalized spacial score (nSPS) is 10.5. The number of hydrogen-bond donors (Lipinski definition) is 1. The van der Waals surface area contributed by atoms with E-state index < -0.39 is 11.8 Å². The van der Waals surface area contributed by atoms with Crippen LogP contribution in [0.5, 0.6) is 0 Å². The van der Waals surface area contributed by atoms with Crippen molar-refractivity contribution in [2.45, 2.75) is 0 Å². The summed E-state index contributed by atoms with van der Waals surface area (Å²) in [5.41, 5.74) is 0.404. The second-order valence-corrected chi connectivity index (χ2v) is 4.20. The second kappa shape index (κ2) is 4.52. The number of carboxylic acid groups (broad SMARTS) is 1. The fraction of sp³-hybridized carbons (Fsp3) is 0. The maximum atomic E-state index is 10.7. The first-order valence-electron chi connectivity index (χ1n) is 4.30. The Labute approximate surface area is 111 Å². The van der Waals surface area contributed by atoms with Crippen molar-refractivity contribution in [1.82, 2.24) is 14.8 Å². The molecule has 0 aliphatic heterocycles. The van der Waals surface area contributed by atoms with Crippen molar-refractivity contribution >= 4 is 40.8 Å². The number of aromatic carboxylic acids is 1. The average molecular weight is 293 g/mol. The van der Waals surface area contributed by atoms with Gasteiger partial charge in [-0.2, -0.15) is 4.98 Å². The number of hydrogen-bond acceptors (Lipinski definition) is 3. The van der Waals surface area contributed by atoms with E-state index in [1.165, 1.54) is 6.07 Å². The van der Waals surface area contributed by atoms with Crippen LogP contribution in [0.25, 0.3) is 5.69 Å². The van der Waals surface area contributed by atoms with Crippen molar-refractivity contribution in [3.63, 3.8) is 0 Å². The van der Waals surface area contributed by atoms with Gasteiger partial charge in [0, 0.05) is 5.02 Å². The molecule has 0 saturated carbocycles. The molecule has 0 aliphatic carbocycles. The zero-order valence-electron chi connectivity index (χ0n) is 8.06. The Bertz CT molecular complexity index is 597. The molecule has 2 rings (SSSR count). The van der Waals surface area contributed by atoms with Gasteiger partial charge < -0.3 is 5.11 Å². The number of carboxylic acids is 1. The number of aromatic nitrogens is 3. The molecule has 0 aliphatic rings. The van der Waals surface area contributed by atoms with Crippen LogP contribution < -0.4 is 0 Å². The van der Waals surface area contributed by atoms with Gasteiger partial charge in [-0.05, 0) is 29.8 Å². The summed E-state index contributed by atoms with van der Waals surface area (Å²) in [6.07, 6.45) is 0. The number of carbonyl (C=O) groups is 1. The fourth-order valence-electron chi connectivity index (χ4n) is 1.19. The highest BCUT2D eigenvalue weighted by Gasteiger charge is 2.16. The average Bonchev–Trinajstić information content (AvgIpc) is 2.61. The van der Waals surface area contributed by atoms with E-state index in [1.54, 1.807) is 12.1 Å². The Morgan fingerprint density at radius 1 is 1.29 bits per heavy atom. The Hall–Kier alpha value is -1.30. The SMILES string of the molecule is O=C(O)c1nc(Cl)n(-c2ccc(Cl)cc2Cl)n1. The lowest BCUT2D eigenvalue weighted by molar-refractivity contribution is 0.0683. The van der Waals surface area contributed by atoms with Gasteiger partial charge in [0.25, 0.3) is 5.82 Å². The minimum absolute atomic E-state index is 0.0911. The standard InChI is InChI=1S/C9H4Cl3N3O2/c10-4-1-2-6(5(11)3-4)15-9(12)13-7(14-15)8(16)17/h1-3H,(H,16,17). The number of halogens is 3. The first kappa shape index (κ1) is 12.2. The van der Waals surface area contributed by atoms with Crippen molar-refractivity contribution in [3.8, 4) is 5.69 Å². The van der Waals surface area contributed by atoms with Crippen molar-refractivity contribution < 1.29 is 9.90 Å². The van der Waals surface area contributed by atoms with Crippen LogP contribution >= 0.6 is 34.8 Å². The molecule has 1 N–H and O–H groups in total. The van der Waals surface area contributed by atoms with Crippen molar-refractivity contribution in [2.75, 3.05) is 0 Å². The van der Waals surface area contributed by atoms with Crippen LogP contribution in [0.15, 0.2) is 18.2 Å². The first-order chi connectivity index (χ1) is 7.99. The minimum atomic E-state index is -1.27. The molecule has 0 saturated heterocycles. The lowest BCUT2D eigenvalue weighted by Crippen LogP contribution is -2.02. The molecular formula is C9H4Cl3N3O2. The van der Waals surface area contributed by atoms with E-state index in [1.807, 2.05) is 0 Å². The first-order valence-corrected chi connectivity index (χ1v) is 5.43. The van der Waals surface area contributed by atoms with E-state index in [2.05, 4.69) is 10.1 Å². The molecule has 2 aromatic rings. The van der Waals surface area contributed by atoms with E-state index in [4.69, 9.17) is 39.9 Å². The molecule has 1 aromatic heterocycles. The third-order valence-electron chi connectivity index (χ3n) is 1.90. The summed E-state index contributed by atoms with van der Waals surface area (Å²) in [7, 11) is 0. The van der Waals surface area contributed by atoms with Crippen LogP contribution in [0.2, 0.25) is 15.3 Å². The van der Waals surface area contributed by atoms with Crippen LogP contribution in [0.1, 0.15) is 10.6 Å². The van der Waals surface area contributed by atoms with E-state index >= 15 is 0 Å². The number of benzene rings is 1. The summed E-state index contributed by atoms with van der Waals surface area (Å²) >= 11 is 17.5. The Balaban J connectivity index is 2.56. The Morgan fingerprint density at radius 3 is 2.53 bits per heavy atom. The summed E-state index contributed by atoms with van der Waals surface area (Å²) in [6, 6.07) is 4.65. The predicted octanol–water partition coefficient (Wildman–Crippen LogP) is 2.93. The molecule has 0 bridgehead atoms. The monoisotopic (exact) mass is 291 g/mol. The topological polar surface area (TPSA) is 68.0 Å². The van der Waals surface area contributed by atoms with Gasteiger partial charge in [-0.15, -0.1) is 5.10 Å². The van der Waals surface area contributed by atoms with E-state index in [9.17, 15) is 4.79 Å². The third kappa shape index (κ3) is 2.36. The largest absolute Gasteiger partial charge is 0.475 e. The van der Waals surface area contributed by atoms with Crippen LogP contribution in [0.4, 0.5) is 0 Å². The maximum absolute atomic E-state index is 10.7. The molecule has 0 amide bonds. The molecule has 5 nitrogen and oxygen atoms in total. The van der Waals surface area contributed by atoms with Gasteiger partial charge in [0.15, 0.2) is 0 Å². The van der Waals surface area contributed by atoms with Crippen LogP contribution in [0.3, 0.4) is 0 Å². The minimum Gasteiger partial charge on any atom is -0.475 e. The number of nitrogens with zero attached hydrogens (tertiary/aromatic N) is 3. The molecular weight excluding hydrogens is 288 g/mol. The lowest BCUT2D eigenvalue weighted by Gasteiger charge is -2.04. The Kier molecular flexibility index (Phi) is 3.24. The lowest BCUT2D eigenvalue weighted by atomic mass is 10.3. The predicted molar refractivity (Wildman–Crippen MR) is 63.3 cm³/mol. The molecule has 0 spiro atoms. The highest BCUT2D eigenvalue weighted by molar-refractivity contribution is 6.36. The van der Waals surface area contributed by atoms with Crippen LogP contribution in [-0.2, 0) is 0 Å². The zero-order chi connectivity index (χ0) is 12.6. The van der Waals surface area contributed by atoms with Gasteiger partial charge >= 0.3 is 5.97 Å². The number of rotatable bonds is 2. The van der Waals surface area contributed by atoms with Gasteiger partial charge in [0.1, 0.15) is 0 Å². The molecule has 0 atom stereocenters. The van der Waals surface area contributed by atoms with Crippen molar-refractivity contribution in [3.05, 3.63) is 39.4 Å². The van der Waals surface area contributed by atoms with Crippen LogP contribution in [-0.4, -0.2) is 25.8 Å². The van der Waals surface area contributed by atoms with E-state index in [0.29, 0.717) is 15.7 Å². The second-order valence-electron chi connectivity index (χ2n) is 3.02. The quantitative estimate of drug-likeness (QED) is 0.924. The molecule has 0 fully saturated rings. The summed E-state index contributed by atoms with van der Waals surface area (Å²) in [4.78, 5) is 14.3. The van der Waals surface area contributed by atoms with Crippen molar-refractivity contribution in [1.29, 1.82) is 0 Å². The van der Waals surface area contributed by atoms with Gasteiger partial charge in [-0.1, -0.05) is 23.2 Å². The van der Waals surface area contributed by atoms with Gasteiger partial charge in [0.05, 0.1) is 10.7 Å². The molecule has 17 heavy (non-hydrogen) atoms. The molecule has 88 valence electrons. The molecule has 1 aromatic carbocycles. The summed E-state index contributed by atoms with van der Waals surface area (Å²) in [5.74, 6) is -1.67. The van der Waals surface area contributed by atoms with Gasteiger partial charge in [-0.25, -0.2) is 9.48 Å². The summed E-state index contributed by atoms with van der Waals surface area (Å²) in [5, 5.41) is 13.1. The highest BCUT2D eigenvalue weighted by atomic mass is 35.5. The Morgan fingerprint density at radius 2 is 2.00 bits per heavy atom. The van der Waals surface area contributed by atoms with E-state index in [-0.39, 0.29) is 5.28 Å². The van der Waals surface area contributed by atoms with Gasteiger partial charge in [-0.3, -0.25) is 0 Å². The third-order valence-corrected chi connectivity index (χ3v) is 2.68. The molecule has 0 radical (unpaired) electrons. The maximum Gasteiger partial charge on any atom is 0.375 e. The molecule has 1 heterocycles. The van der Waals surface area contributed by atoms with Crippen molar-refractivity contribution in [2.24, 2.45) is 0 Å². The zero-order valence-corrected chi connectivity index (χ0v) is 10.3. The van der Waals surface area contributed by atoms with Crippen LogP contribution in [0, 0.1) is 0 Å². The fourth-order valence-corrected chi connectivity index (χ4v) is 1.89. The highest BCUT2D eigenvalue weighted by Crippen LogP contribution is 2.25. The molecule has 8 heteroatoms. The molecule has 0 unspecified atom stereocenters.